The molecule has 0 saturated heterocycles. The molecular weight excluding hydrogens is 304 g/mol. The van der Waals surface area contributed by atoms with Gasteiger partial charge in [0.2, 0.25) is 5.91 Å². The Morgan fingerprint density at radius 1 is 1.32 bits per heavy atom. The second-order valence-electron chi connectivity index (χ2n) is 5.81. The van der Waals surface area contributed by atoms with E-state index in [1.54, 1.807) is 0 Å². The van der Waals surface area contributed by atoms with Gasteiger partial charge >= 0.3 is 0 Å². The van der Waals surface area contributed by atoms with Crippen LogP contribution in [-0.2, 0) is 11.3 Å². The Kier molecular flexibility index (Phi) is 6.01. The predicted molar refractivity (Wildman–Crippen MR) is 83.1 cm³/mol. The van der Waals surface area contributed by atoms with Gasteiger partial charge in [0, 0.05) is 29.5 Å². The summed E-state index contributed by atoms with van der Waals surface area (Å²) in [5, 5.41) is 6.24. The lowest BCUT2D eigenvalue weighted by molar-refractivity contribution is -0.122. The van der Waals surface area contributed by atoms with Crippen molar-refractivity contribution in [3.63, 3.8) is 0 Å². The van der Waals surface area contributed by atoms with E-state index >= 15 is 0 Å². The summed E-state index contributed by atoms with van der Waals surface area (Å²) < 4.78 is 1.13. The van der Waals surface area contributed by atoms with Crippen molar-refractivity contribution in [2.24, 2.45) is 0 Å². The summed E-state index contributed by atoms with van der Waals surface area (Å²) in [6, 6.07) is 6.28. The fourth-order valence-electron chi connectivity index (χ4n) is 1.73. The highest BCUT2D eigenvalue weighted by Gasteiger charge is 2.12. The smallest absolute Gasteiger partial charge is 0.221 e. The molecule has 19 heavy (non-hydrogen) atoms. The molecule has 0 aromatic heterocycles. The van der Waals surface area contributed by atoms with Crippen molar-refractivity contribution in [1.82, 2.24) is 10.6 Å². The van der Waals surface area contributed by atoms with Crippen molar-refractivity contribution in [3.8, 4) is 0 Å². The largest absolute Gasteiger partial charge is 0.351 e. The van der Waals surface area contributed by atoms with Crippen LogP contribution in [0.15, 0.2) is 22.7 Å². The Bertz CT molecular complexity index is 438. The van der Waals surface area contributed by atoms with Gasteiger partial charge in [-0.05, 0) is 44.9 Å². The van der Waals surface area contributed by atoms with Gasteiger partial charge in [-0.25, -0.2) is 0 Å². The topological polar surface area (TPSA) is 41.1 Å². The number of aryl methyl sites for hydroxylation is 1. The molecule has 0 aliphatic rings. The van der Waals surface area contributed by atoms with Crippen LogP contribution in [-0.4, -0.2) is 18.0 Å². The van der Waals surface area contributed by atoms with E-state index in [0.29, 0.717) is 13.0 Å². The van der Waals surface area contributed by atoms with E-state index < -0.39 is 0 Å². The minimum Gasteiger partial charge on any atom is -0.351 e. The minimum atomic E-state index is -0.153. The van der Waals surface area contributed by atoms with E-state index in [1.807, 2.05) is 20.8 Å². The number of hydrogen-bond acceptors (Lipinski definition) is 2. The second kappa shape index (κ2) is 7.06. The first kappa shape index (κ1) is 16.2. The van der Waals surface area contributed by atoms with E-state index in [2.05, 4.69) is 51.7 Å². The maximum absolute atomic E-state index is 11.6. The van der Waals surface area contributed by atoms with E-state index in [0.717, 1.165) is 11.0 Å². The van der Waals surface area contributed by atoms with Crippen molar-refractivity contribution < 1.29 is 4.79 Å². The molecule has 0 saturated carbocycles. The number of rotatable bonds is 5. The van der Waals surface area contributed by atoms with Gasteiger partial charge in [-0.15, -0.1) is 0 Å². The summed E-state index contributed by atoms with van der Waals surface area (Å²) in [6.07, 6.45) is 0.507. The molecule has 0 radical (unpaired) electrons. The van der Waals surface area contributed by atoms with Crippen LogP contribution in [0.25, 0.3) is 0 Å². The van der Waals surface area contributed by atoms with Crippen LogP contribution in [0.3, 0.4) is 0 Å². The van der Waals surface area contributed by atoms with Gasteiger partial charge in [-0.2, -0.15) is 0 Å². The number of carbonyl (C=O) groups is 1. The molecule has 0 atom stereocenters. The maximum Gasteiger partial charge on any atom is 0.221 e. The molecule has 0 spiro atoms. The Labute approximate surface area is 124 Å². The van der Waals surface area contributed by atoms with Crippen LogP contribution in [0.1, 0.15) is 38.3 Å². The standard InChI is InChI=1S/C15H23BrN2O/c1-11-9-12(5-6-13(11)16)10-17-8-7-14(19)18-15(2,3)4/h5-6,9,17H,7-8,10H2,1-4H3,(H,18,19). The van der Waals surface area contributed by atoms with E-state index in [-0.39, 0.29) is 11.4 Å². The molecule has 0 aliphatic carbocycles. The highest BCUT2D eigenvalue weighted by atomic mass is 79.9. The number of amides is 1. The van der Waals surface area contributed by atoms with Crippen LogP contribution in [0, 0.1) is 6.92 Å². The summed E-state index contributed by atoms with van der Waals surface area (Å²) in [7, 11) is 0. The van der Waals surface area contributed by atoms with Crippen molar-refractivity contribution in [2.75, 3.05) is 6.54 Å². The summed E-state index contributed by atoms with van der Waals surface area (Å²) in [4.78, 5) is 11.6. The number of carbonyl (C=O) groups excluding carboxylic acids is 1. The van der Waals surface area contributed by atoms with E-state index in [1.165, 1.54) is 11.1 Å². The molecule has 106 valence electrons. The molecule has 0 unspecified atom stereocenters. The summed E-state index contributed by atoms with van der Waals surface area (Å²) in [5.74, 6) is 0.0898. The second-order valence-corrected chi connectivity index (χ2v) is 6.66. The summed E-state index contributed by atoms with van der Waals surface area (Å²) in [5.41, 5.74) is 2.31. The Morgan fingerprint density at radius 2 is 2.00 bits per heavy atom. The van der Waals surface area contributed by atoms with Crippen LogP contribution in [0.5, 0.6) is 0 Å². The fraction of sp³-hybridized carbons (Fsp3) is 0.533. The molecule has 0 heterocycles. The Morgan fingerprint density at radius 3 is 2.58 bits per heavy atom. The molecule has 0 fully saturated rings. The summed E-state index contributed by atoms with van der Waals surface area (Å²) >= 11 is 3.48. The van der Waals surface area contributed by atoms with Crippen LogP contribution < -0.4 is 10.6 Å². The van der Waals surface area contributed by atoms with Gasteiger partial charge in [-0.1, -0.05) is 28.1 Å². The van der Waals surface area contributed by atoms with Crippen LogP contribution in [0.2, 0.25) is 0 Å². The van der Waals surface area contributed by atoms with Gasteiger partial charge in [0.05, 0.1) is 0 Å². The van der Waals surface area contributed by atoms with Crippen molar-refractivity contribution in [3.05, 3.63) is 33.8 Å². The van der Waals surface area contributed by atoms with E-state index in [4.69, 9.17) is 0 Å². The lowest BCUT2D eigenvalue weighted by Gasteiger charge is -2.20. The normalized spacial score (nSPS) is 11.4. The molecule has 1 aromatic rings. The zero-order chi connectivity index (χ0) is 14.5. The SMILES string of the molecule is Cc1cc(CNCCC(=O)NC(C)(C)C)ccc1Br. The third-order valence-corrected chi connectivity index (χ3v) is 3.48. The number of nitrogens with one attached hydrogen (secondary N) is 2. The van der Waals surface area contributed by atoms with Gasteiger partial charge in [0.15, 0.2) is 0 Å². The Hall–Kier alpha value is -0.870. The average Bonchev–Trinajstić information content (AvgIpc) is 2.27. The third kappa shape index (κ3) is 6.73. The first-order valence-corrected chi connectivity index (χ1v) is 7.34. The Balaban J connectivity index is 2.27. The van der Waals surface area contributed by atoms with Crippen molar-refractivity contribution in [2.45, 2.75) is 46.2 Å². The molecule has 1 aromatic carbocycles. The molecule has 1 rings (SSSR count). The minimum absolute atomic E-state index is 0.0898. The first-order chi connectivity index (χ1) is 8.78. The molecule has 2 N–H and O–H groups in total. The van der Waals surface area contributed by atoms with Crippen molar-refractivity contribution >= 4 is 21.8 Å². The molecule has 0 aliphatic heterocycles. The highest BCUT2D eigenvalue weighted by Crippen LogP contribution is 2.16. The van der Waals surface area contributed by atoms with Gasteiger partial charge < -0.3 is 10.6 Å². The quantitative estimate of drug-likeness (QED) is 0.816. The van der Waals surface area contributed by atoms with Crippen LogP contribution in [0.4, 0.5) is 0 Å². The highest BCUT2D eigenvalue weighted by molar-refractivity contribution is 9.10. The van der Waals surface area contributed by atoms with Gasteiger partial charge in [0.1, 0.15) is 0 Å². The monoisotopic (exact) mass is 326 g/mol. The molecule has 0 bridgehead atoms. The lowest BCUT2D eigenvalue weighted by Crippen LogP contribution is -2.41. The third-order valence-electron chi connectivity index (χ3n) is 2.59. The zero-order valence-electron chi connectivity index (χ0n) is 12.1. The number of halogens is 1. The number of hydrogen-bond donors (Lipinski definition) is 2. The van der Waals surface area contributed by atoms with Gasteiger partial charge in [-0.3, -0.25) is 4.79 Å². The molecule has 3 nitrogen and oxygen atoms in total. The average molecular weight is 327 g/mol. The molecular formula is C15H23BrN2O. The lowest BCUT2D eigenvalue weighted by atomic mass is 10.1. The fourth-order valence-corrected chi connectivity index (χ4v) is 1.98. The molecule has 4 heteroatoms. The van der Waals surface area contributed by atoms with Gasteiger partial charge in [0.25, 0.3) is 0 Å². The van der Waals surface area contributed by atoms with E-state index in [9.17, 15) is 4.79 Å². The van der Waals surface area contributed by atoms with Crippen molar-refractivity contribution in [1.29, 1.82) is 0 Å². The predicted octanol–water partition coefficient (Wildman–Crippen LogP) is 3.15. The maximum atomic E-state index is 11.6. The zero-order valence-corrected chi connectivity index (χ0v) is 13.7. The number of benzene rings is 1. The summed E-state index contributed by atoms with van der Waals surface area (Å²) in [6.45, 7) is 9.52. The molecule has 1 amide bonds. The van der Waals surface area contributed by atoms with Crippen LogP contribution >= 0.6 is 15.9 Å². The first-order valence-electron chi connectivity index (χ1n) is 6.55.